The first-order valence-electron chi connectivity index (χ1n) is 7.76. The third-order valence-electron chi connectivity index (χ3n) is 4.00. The lowest BCUT2D eigenvalue weighted by Gasteiger charge is -2.21. The van der Waals surface area contributed by atoms with Gasteiger partial charge >= 0.3 is 0 Å². The van der Waals surface area contributed by atoms with Crippen LogP contribution < -0.4 is 4.90 Å². The van der Waals surface area contributed by atoms with Crippen molar-refractivity contribution in [3.63, 3.8) is 0 Å². The molecule has 0 bridgehead atoms. The Labute approximate surface area is 149 Å². The van der Waals surface area contributed by atoms with Gasteiger partial charge in [-0.2, -0.15) is 0 Å². The summed E-state index contributed by atoms with van der Waals surface area (Å²) in [6.45, 7) is 2.30. The van der Waals surface area contributed by atoms with Gasteiger partial charge in [-0.15, -0.1) is 0 Å². The molecule has 0 aromatic heterocycles. The molecule has 126 valence electrons. The maximum atomic E-state index is 12.9. The Kier molecular flexibility index (Phi) is 4.67. The predicted octanol–water partition coefficient (Wildman–Crippen LogP) is 5.07. The summed E-state index contributed by atoms with van der Waals surface area (Å²) in [7, 11) is 0. The summed E-state index contributed by atoms with van der Waals surface area (Å²) in [5, 5.41) is 13.2. The van der Waals surface area contributed by atoms with Gasteiger partial charge in [-0.25, -0.2) is 0 Å². The molecule has 0 spiro atoms. The number of nitrogens with zero attached hydrogens (tertiary/aromatic N) is 2. The van der Waals surface area contributed by atoms with Crippen molar-refractivity contribution in [2.45, 2.75) is 6.92 Å². The van der Waals surface area contributed by atoms with Crippen LogP contribution in [0.1, 0.15) is 17.3 Å². The second-order valence-corrected chi connectivity index (χ2v) is 5.91. The average molecular weight is 355 g/mol. The number of hydrogen-bond acceptors (Lipinski definition) is 3. The zero-order valence-electron chi connectivity index (χ0n) is 13.5. The summed E-state index contributed by atoms with van der Waals surface area (Å²) in [6.07, 6.45) is 0. The van der Waals surface area contributed by atoms with Crippen LogP contribution in [-0.4, -0.2) is 17.4 Å². The number of benzene rings is 3. The standard InChI is InChI=1S/C19H15ClN2O3/c1-2-21(16-9-7-13-5-3-4-6-14(13)11-16)19(23)15-8-10-17(20)18(12-15)22(24)25/h3-12H,2H2,1H3. The molecular weight excluding hydrogens is 340 g/mol. The summed E-state index contributed by atoms with van der Waals surface area (Å²) in [6, 6.07) is 17.7. The van der Waals surface area contributed by atoms with Gasteiger partial charge in [0.2, 0.25) is 0 Å². The van der Waals surface area contributed by atoms with E-state index in [1.807, 2.05) is 49.4 Å². The van der Waals surface area contributed by atoms with Gasteiger partial charge in [0.15, 0.2) is 0 Å². The lowest BCUT2D eigenvalue weighted by Crippen LogP contribution is -2.30. The van der Waals surface area contributed by atoms with E-state index in [1.165, 1.54) is 18.2 Å². The van der Waals surface area contributed by atoms with E-state index in [0.717, 1.165) is 16.5 Å². The van der Waals surface area contributed by atoms with Crippen LogP contribution in [-0.2, 0) is 0 Å². The lowest BCUT2D eigenvalue weighted by atomic mass is 10.1. The van der Waals surface area contributed by atoms with Gasteiger partial charge in [0.1, 0.15) is 5.02 Å². The van der Waals surface area contributed by atoms with Gasteiger partial charge in [0.05, 0.1) is 4.92 Å². The molecule has 25 heavy (non-hydrogen) atoms. The highest BCUT2D eigenvalue weighted by Crippen LogP contribution is 2.28. The third-order valence-corrected chi connectivity index (χ3v) is 4.32. The third kappa shape index (κ3) is 3.32. The molecule has 0 fully saturated rings. The summed E-state index contributed by atoms with van der Waals surface area (Å²) >= 11 is 5.83. The van der Waals surface area contributed by atoms with Crippen LogP contribution in [0.4, 0.5) is 11.4 Å². The van der Waals surface area contributed by atoms with Crippen molar-refractivity contribution in [3.8, 4) is 0 Å². The van der Waals surface area contributed by atoms with Gasteiger partial charge < -0.3 is 4.90 Å². The highest BCUT2D eigenvalue weighted by Gasteiger charge is 2.21. The van der Waals surface area contributed by atoms with Gasteiger partial charge in [0, 0.05) is 23.9 Å². The van der Waals surface area contributed by atoms with Crippen molar-refractivity contribution < 1.29 is 9.72 Å². The number of hydrogen-bond donors (Lipinski definition) is 0. The lowest BCUT2D eigenvalue weighted by molar-refractivity contribution is -0.384. The van der Waals surface area contributed by atoms with E-state index in [4.69, 9.17) is 11.6 Å². The van der Waals surface area contributed by atoms with Crippen LogP contribution in [0.5, 0.6) is 0 Å². The number of carbonyl (C=O) groups is 1. The molecule has 3 aromatic carbocycles. The number of nitro benzene ring substituents is 1. The fraction of sp³-hybridized carbons (Fsp3) is 0.105. The second-order valence-electron chi connectivity index (χ2n) is 5.50. The number of halogens is 1. The Morgan fingerprint density at radius 2 is 1.80 bits per heavy atom. The normalized spacial score (nSPS) is 10.6. The zero-order valence-corrected chi connectivity index (χ0v) is 14.2. The van der Waals surface area contributed by atoms with Crippen LogP contribution in [0, 0.1) is 10.1 Å². The van der Waals surface area contributed by atoms with Crippen LogP contribution >= 0.6 is 11.6 Å². The van der Waals surface area contributed by atoms with E-state index in [1.54, 1.807) is 4.90 Å². The first-order valence-corrected chi connectivity index (χ1v) is 8.13. The average Bonchev–Trinajstić information content (AvgIpc) is 2.62. The highest BCUT2D eigenvalue weighted by atomic mass is 35.5. The van der Waals surface area contributed by atoms with Crippen molar-refractivity contribution >= 4 is 39.7 Å². The Morgan fingerprint density at radius 3 is 2.48 bits per heavy atom. The van der Waals surface area contributed by atoms with E-state index in [2.05, 4.69) is 0 Å². The highest BCUT2D eigenvalue weighted by molar-refractivity contribution is 6.32. The maximum absolute atomic E-state index is 12.9. The van der Waals surface area contributed by atoms with Gasteiger partial charge in [-0.05, 0) is 42.0 Å². The van der Waals surface area contributed by atoms with Gasteiger partial charge in [-0.1, -0.05) is 41.9 Å². The summed E-state index contributed by atoms with van der Waals surface area (Å²) in [4.78, 5) is 24.9. The van der Waals surface area contributed by atoms with E-state index < -0.39 is 4.92 Å². The minimum absolute atomic E-state index is 0.00954. The number of carbonyl (C=O) groups excluding carboxylic acids is 1. The molecule has 3 rings (SSSR count). The number of rotatable bonds is 4. The van der Waals surface area contributed by atoms with Crippen molar-refractivity contribution in [1.82, 2.24) is 0 Å². The Balaban J connectivity index is 2.00. The van der Waals surface area contributed by atoms with Crippen molar-refractivity contribution in [3.05, 3.63) is 81.4 Å². The molecule has 6 heteroatoms. The van der Waals surface area contributed by atoms with Crippen LogP contribution in [0.3, 0.4) is 0 Å². The quantitative estimate of drug-likeness (QED) is 0.485. The summed E-state index contributed by atoms with van der Waals surface area (Å²) in [5.41, 5.74) is 0.692. The smallest absolute Gasteiger partial charge is 0.288 e. The topological polar surface area (TPSA) is 63.5 Å². The van der Waals surface area contributed by atoms with Gasteiger partial charge in [0.25, 0.3) is 11.6 Å². The SMILES string of the molecule is CCN(C(=O)c1ccc(Cl)c([N+](=O)[O-])c1)c1ccc2ccccc2c1. The van der Waals surface area contributed by atoms with E-state index in [9.17, 15) is 14.9 Å². The van der Waals surface area contributed by atoms with Gasteiger partial charge in [-0.3, -0.25) is 14.9 Å². The first kappa shape index (κ1) is 16.9. The molecule has 3 aromatic rings. The summed E-state index contributed by atoms with van der Waals surface area (Å²) < 4.78 is 0. The van der Waals surface area contributed by atoms with Crippen LogP contribution in [0.2, 0.25) is 5.02 Å². The molecule has 0 aliphatic heterocycles. The molecule has 0 radical (unpaired) electrons. The first-order chi connectivity index (χ1) is 12.0. The molecule has 0 saturated heterocycles. The summed E-state index contributed by atoms with van der Waals surface area (Å²) in [5.74, 6) is -0.308. The molecule has 0 heterocycles. The molecule has 0 unspecified atom stereocenters. The van der Waals surface area contributed by atoms with Crippen molar-refractivity contribution in [1.29, 1.82) is 0 Å². The largest absolute Gasteiger partial charge is 0.309 e. The molecule has 0 atom stereocenters. The second kappa shape index (κ2) is 6.91. The Hall–Kier alpha value is -2.92. The molecule has 0 N–H and O–H groups in total. The van der Waals surface area contributed by atoms with Crippen LogP contribution in [0.25, 0.3) is 10.8 Å². The Morgan fingerprint density at radius 1 is 1.08 bits per heavy atom. The fourth-order valence-corrected chi connectivity index (χ4v) is 2.92. The minimum atomic E-state index is -0.592. The van der Waals surface area contributed by atoms with E-state index >= 15 is 0 Å². The minimum Gasteiger partial charge on any atom is -0.309 e. The molecule has 0 aliphatic carbocycles. The Bertz CT molecular complexity index is 972. The number of amides is 1. The molecule has 0 saturated carbocycles. The van der Waals surface area contributed by atoms with E-state index in [0.29, 0.717) is 6.54 Å². The maximum Gasteiger partial charge on any atom is 0.288 e. The number of anilines is 1. The van der Waals surface area contributed by atoms with Crippen molar-refractivity contribution in [2.24, 2.45) is 0 Å². The fourth-order valence-electron chi connectivity index (χ4n) is 2.73. The molecule has 1 amide bonds. The molecule has 5 nitrogen and oxygen atoms in total. The van der Waals surface area contributed by atoms with Crippen molar-refractivity contribution in [2.75, 3.05) is 11.4 Å². The monoisotopic (exact) mass is 354 g/mol. The van der Waals surface area contributed by atoms with E-state index in [-0.39, 0.29) is 22.2 Å². The zero-order chi connectivity index (χ0) is 18.0. The van der Waals surface area contributed by atoms with Crippen LogP contribution in [0.15, 0.2) is 60.7 Å². The molecular formula is C19H15ClN2O3. The predicted molar refractivity (Wildman–Crippen MR) is 99.4 cm³/mol. The number of fused-ring (bicyclic) bond motifs is 1. The number of nitro groups is 1. The molecule has 0 aliphatic rings.